The number of hydrogen-bond acceptors (Lipinski definition) is 4. The van der Waals surface area contributed by atoms with E-state index in [4.69, 9.17) is 0 Å². The van der Waals surface area contributed by atoms with Crippen LogP contribution in [0, 0.1) is 17.1 Å². The first-order chi connectivity index (χ1) is 12.0. The Hall–Kier alpha value is -2.88. The Morgan fingerprint density at radius 1 is 1.32 bits per heavy atom. The maximum atomic E-state index is 13.3. The molecular weight excluding hydrogens is 321 g/mol. The molecule has 0 N–H and O–H groups in total. The molecule has 2 heterocycles. The zero-order valence-electron chi connectivity index (χ0n) is 14.4. The van der Waals surface area contributed by atoms with Gasteiger partial charge in [-0.3, -0.25) is 9.48 Å². The minimum absolute atomic E-state index is 0.168. The molecular formula is C18H20FN5O. The summed E-state index contributed by atoms with van der Waals surface area (Å²) in [4.78, 5) is 16.3. The van der Waals surface area contributed by atoms with Gasteiger partial charge in [0.1, 0.15) is 23.3 Å². The first kappa shape index (κ1) is 17.0. The summed E-state index contributed by atoms with van der Waals surface area (Å²) in [7, 11) is 1.83. The third kappa shape index (κ3) is 3.20. The van der Waals surface area contributed by atoms with Crippen molar-refractivity contribution in [3.05, 3.63) is 46.9 Å². The zero-order chi connectivity index (χ0) is 18.0. The van der Waals surface area contributed by atoms with Gasteiger partial charge in [0, 0.05) is 38.8 Å². The van der Waals surface area contributed by atoms with E-state index >= 15 is 0 Å². The van der Waals surface area contributed by atoms with Gasteiger partial charge in [-0.25, -0.2) is 4.39 Å². The van der Waals surface area contributed by atoms with Gasteiger partial charge in [-0.05, 0) is 24.6 Å². The Morgan fingerprint density at radius 3 is 2.64 bits per heavy atom. The zero-order valence-corrected chi connectivity index (χ0v) is 14.4. The fourth-order valence-corrected chi connectivity index (χ4v) is 3.22. The number of aryl methyl sites for hydroxylation is 2. The second-order valence-corrected chi connectivity index (χ2v) is 6.02. The maximum Gasteiger partial charge on any atom is 0.254 e. The molecule has 0 spiro atoms. The van der Waals surface area contributed by atoms with E-state index in [1.54, 1.807) is 21.7 Å². The molecule has 0 unspecified atom stereocenters. The predicted molar refractivity (Wildman–Crippen MR) is 91.8 cm³/mol. The Balaban J connectivity index is 1.74. The highest BCUT2D eigenvalue weighted by Crippen LogP contribution is 2.24. The van der Waals surface area contributed by atoms with Crippen molar-refractivity contribution in [1.82, 2.24) is 14.7 Å². The van der Waals surface area contributed by atoms with Crippen LogP contribution in [0.4, 0.5) is 10.2 Å². The van der Waals surface area contributed by atoms with Crippen molar-refractivity contribution in [1.29, 1.82) is 5.26 Å². The van der Waals surface area contributed by atoms with E-state index in [9.17, 15) is 14.4 Å². The predicted octanol–water partition coefficient (Wildman–Crippen LogP) is 1.96. The first-order valence-electron chi connectivity index (χ1n) is 8.31. The number of aromatic nitrogens is 2. The largest absolute Gasteiger partial charge is 0.352 e. The number of benzene rings is 1. The van der Waals surface area contributed by atoms with Crippen LogP contribution in [0.25, 0.3) is 0 Å². The highest BCUT2D eigenvalue weighted by atomic mass is 19.1. The molecule has 1 aromatic heterocycles. The van der Waals surface area contributed by atoms with Crippen molar-refractivity contribution in [2.24, 2.45) is 7.05 Å². The lowest BCUT2D eigenvalue weighted by Gasteiger charge is -2.36. The van der Waals surface area contributed by atoms with E-state index in [1.165, 1.54) is 12.1 Å². The van der Waals surface area contributed by atoms with Crippen LogP contribution in [0.5, 0.6) is 0 Å². The fraction of sp³-hybridized carbons (Fsp3) is 0.389. The van der Waals surface area contributed by atoms with Gasteiger partial charge < -0.3 is 9.80 Å². The number of nitrogens with zero attached hydrogens (tertiary/aromatic N) is 5. The number of nitriles is 1. The molecule has 3 rings (SSSR count). The standard InChI is InChI=1S/C18H20FN5O/c1-3-16-15(12-20)17(22(2)21-16)23-7-9-24(10-8-23)18(25)13-5-4-6-14(19)11-13/h4-6,11H,3,7-10H2,1-2H3. The molecule has 6 nitrogen and oxygen atoms in total. The van der Waals surface area contributed by atoms with Crippen molar-refractivity contribution < 1.29 is 9.18 Å². The fourth-order valence-electron chi connectivity index (χ4n) is 3.22. The third-order valence-corrected chi connectivity index (χ3v) is 4.47. The maximum absolute atomic E-state index is 13.3. The number of hydrogen-bond donors (Lipinski definition) is 0. The molecule has 1 saturated heterocycles. The summed E-state index contributed by atoms with van der Waals surface area (Å²) in [6.07, 6.45) is 0.703. The molecule has 0 saturated carbocycles. The summed E-state index contributed by atoms with van der Waals surface area (Å²) in [5, 5.41) is 13.9. The van der Waals surface area contributed by atoms with Gasteiger partial charge in [0.2, 0.25) is 0 Å². The molecule has 1 aromatic carbocycles. The van der Waals surface area contributed by atoms with Crippen LogP contribution in [0.3, 0.4) is 0 Å². The number of halogens is 1. The number of rotatable bonds is 3. The van der Waals surface area contributed by atoms with E-state index in [0.717, 1.165) is 11.5 Å². The monoisotopic (exact) mass is 341 g/mol. The van der Waals surface area contributed by atoms with Crippen molar-refractivity contribution in [3.63, 3.8) is 0 Å². The SMILES string of the molecule is CCc1nn(C)c(N2CCN(C(=O)c3cccc(F)c3)CC2)c1C#N. The second kappa shape index (κ2) is 6.93. The third-order valence-electron chi connectivity index (χ3n) is 4.47. The van der Waals surface area contributed by atoms with E-state index in [0.29, 0.717) is 43.7 Å². The van der Waals surface area contributed by atoms with E-state index in [2.05, 4.69) is 16.1 Å². The van der Waals surface area contributed by atoms with Crippen LogP contribution in [0.1, 0.15) is 28.5 Å². The summed E-state index contributed by atoms with van der Waals surface area (Å²) < 4.78 is 15.1. The van der Waals surface area contributed by atoms with Crippen LogP contribution >= 0.6 is 0 Å². The van der Waals surface area contributed by atoms with Gasteiger partial charge in [-0.15, -0.1) is 0 Å². The summed E-state index contributed by atoms with van der Waals surface area (Å²) in [6, 6.07) is 8.01. The van der Waals surface area contributed by atoms with Crippen molar-refractivity contribution in [2.45, 2.75) is 13.3 Å². The molecule has 1 amide bonds. The van der Waals surface area contributed by atoms with Crippen LogP contribution < -0.4 is 4.90 Å². The molecule has 0 radical (unpaired) electrons. The van der Waals surface area contributed by atoms with Gasteiger partial charge in [0.05, 0.1) is 5.69 Å². The molecule has 0 aliphatic carbocycles. The van der Waals surface area contributed by atoms with E-state index < -0.39 is 5.82 Å². The summed E-state index contributed by atoms with van der Waals surface area (Å²) >= 11 is 0. The Morgan fingerprint density at radius 2 is 2.04 bits per heavy atom. The van der Waals surface area contributed by atoms with Gasteiger partial charge in [-0.1, -0.05) is 13.0 Å². The minimum Gasteiger partial charge on any atom is -0.352 e. The second-order valence-electron chi connectivity index (χ2n) is 6.02. The number of amides is 1. The van der Waals surface area contributed by atoms with Gasteiger partial charge in [-0.2, -0.15) is 10.4 Å². The van der Waals surface area contributed by atoms with Gasteiger partial charge in [0.15, 0.2) is 0 Å². The minimum atomic E-state index is -0.412. The number of anilines is 1. The van der Waals surface area contributed by atoms with Crippen molar-refractivity contribution in [3.8, 4) is 6.07 Å². The molecule has 0 bridgehead atoms. The summed E-state index contributed by atoms with van der Waals surface area (Å²) in [5.74, 6) is 0.223. The molecule has 7 heteroatoms. The topological polar surface area (TPSA) is 65.2 Å². The molecule has 25 heavy (non-hydrogen) atoms. The van der Waals surface area contributed by atoms with Gasteiger partial charge in [0.25, 0.3) is 5.91 Å². The van der Waals surface area contributed by atoms with E-state index in [1.807, 2.05) is 14.0 Å². The average molecular weight is 341 g/mol. The highest BCUT2D eigenvalue weighted by Gasteiger charge is 2.27. The Bertz CT molecular complexity index is 830. The average Bonchev–Trinajstić information content (AvgIpc) is 2.96. The van der Waals surface area contributed by atoms with Crippen LogP contribution in [-0.4, -0.2) is 46.8 Å². The van der Waals surface area contributed by atoms with Crippen molar-refractivity contribution in [2.75, 3.05) is 31.1 Å². The lowest BCUT2D eigenvalue weighted by atomic mass is 10.1. The number of carbonyl (C=O) groups is 1. The van der Waals surface area contributed by atoms with E-state index in [-0.39, 0.29) is 5.91 Å². The van der Waals surface area contributed by atoms with Gasteiger partial charge >= 0.3 is 0 Å². The molecule has 1 aliphatic heterocycles. The number of piperazine rings is 1. The quantitative estimate of drug-likeness (QED) is 0.856. The summed E-state index contributed by atoms with van der Waals surface area (Å²) in [6.45, 7) is 4.24. The molecule has 1 fully saturated rings. The summed E-state index contributed by atoms with van der Waals surface area (Å²) in [5.41, 5.74) is 1.76. The molecule has 2 aromatic rings. The number of carbonyl (C=O) groups excluding carboxylic acids is 1. The lowest BCUT2D eigenvalue weighted by molar-refractivity contribution is 0.0746. The first-order valence-corrected chi connectivity index (χ1v) is 8.31. The highest BCUT2D eigenvalue weighted by molar-refractivity contribution is 5.94. The van der Waals surface area contributed by atoms with Crippen LogP contribution in [-0.2, 0) is 13.5 Å². The smallest absolute Gasteiger partial charge is 0.254 e. The van der Waals surface area contributed by atoms with Crippen molar-refractivity contribution >= 4 is 11.7 Å². The molecule has 130 valence electrons. The lowest BCUT2D eigenvalue weighted by Crippen LogP contribution is -2.49. The molecule has 1 aliphatic rings. The molecule has 0 atom stereocenters. The Labute approximate surface area is 146 Å². The van der Waals surface area contributed by atoms with Crippen LogP contribution in [0.15, 0.2) is 24.3 Å². The van der Waals surface area contributed by atoms with Crippen LogP contribution in [0.2, 0.25) is 0 Å². The Kier molecular flexibility index (Phi) is 4.70. The normalized spacial score (nSPS) is 14.5.